The molecule has 1 aliphatic carbocycles. The summed E-state index contributed by atoms with van der Waals surface area (Å²) < 4.78 is 0. The molecule has 13 heavy (non-hydrogen) atoms. The van der Waals surface area contributed by atoms with Gasteiger partial charge in [0.15, 0.2) is 0 Å². The number of rotatable bonds is 1. The average molecular weight is 180 g/mol. The molecule has 2 rings (SSSR count). The second-order valence-electron chi connectivity index (χ2n) is 4.29. The van der Waals surface area contributed by atoms with Crippen molar-refractivity contribution < 1.29 is 0 Å². The lowest BCUT2D eigenvalue weighted by molar-refractivity contribution is 0.614. The highest BCUT2D eigenvalue weighted by molar-refractivity contribution is 5.19. The molecule has 1 fully saturated rings. The molecular weight excluding hydrogens is 168 g/mol. The summed E-state index contributed by atoms with van der Waals surface area (Å²) in [6.45, 7) is 4.24. The van der Waals surface area contributed by atoms with E-state index < -0.39 is 5.69 Å². The number of nitrogens with one attached hydrogen (secondary N) is 2. The van der Waals surface area contributed by atoms with Crippen LogP contribution in [0.3, 0.4) is 0 Å². The van der Waals surface area contributed by atoms with Crippen LogP contribution in [0.4, 0.5) is 0 Å². The van der Waals surface area contributed by atoms with Crippen molar-refractivity contribution in [3.05, 3.63) is 32.6 Å². The molecule has 4 nitrogen and oxygen atoms in total. The smallest absolute Gasteiger partial charge is 0.311 e. The lowest BCUT2D eigenvalue weighted by atomic mass is 10.1. The molecule has 1 atom stereocenters. The van der Waals surface area contributed by atoms with Crippen molar-refractivity contribution in [3.8, 4) is 0 Å². The van der Waals surface area contributed by atoms with Gasteiger partial charge in [-0.15, -0.1) is 0 Å². The monoisotopic (exact) mass is 180 g/mol. The Labute approximate surface area is 75.0 Å². The highest BCUT2D eigenvalue weighted by Gasteiger charge is 2.47. The van der Waals surface area contributed by atoms with Crippen molar-refractivity contribution in [3.63, 3.8) is 0 Å². The number of aromatic amines is 2. The van der Waals surface area contributed by atoms with Crippen molar-refractivity contribution in [1.82, 2.24) is 9.97 Å². The van der Waals surface area contributed by atoms with Gasteiger partial charge in [-0.25, -0.2) is 4.79 Å². The fourth-order valence-electron chi connectivity index (χ4n) is 1.67. The normalized spacial score (nSPS) is 24.3. The molecule has 2 N–H and O–H groups in total. The van der Waals surface area contributed by atoms with Gasteiger partial charge in [0.2, 0.25) is 0 Å². The molecular formula is C9H12N2O2. The van der Waals surface area contributed by atoms with Crippen LogP contribution in [-0.2, 0) is 0 Å². The summed E-state index contributed by atoms with van der Waals surface area (Å²) in [5.41, 5.74) is 0.266. The quantitative estimate of drug-likeness (QED) is 0.663. The summed E-state index contributed by atoms with van der Waals surface area (Å²) in [5.74, 6) is 0.336. The summed E-state index contributed by atoms with van der Waals surface area (Å²) in [7, 11) is 0. The van der Waals surface area contributed by atoms with Gasteiger partial charge in [0, 0.05) is 17.7 Å². The maximum Gasteiger partial charge on any atom is 0.325 e. The molecule has 1 unspecified atom stereocenters. The first-order valence-corrected chi connectivity index (χ1v) is 4.32. The second kappa shape index (κ2) is 2.34. The third-order valence-corrected chi connectivity index (χ3v) is 2.67. The van der Waals surface area contributed by atoms with E-state index in [9.17, 15) is 9.59 Å². The van der Waals surface area contributed by atoms with Crippen LogP contribution in [0.1, 0.15) is 31.9 Å². The summed E-state index contributed by atoms with van der Waals surface area (Å²) in [6, 6.07) is 1.47. The van der Waals surface area contributed by atoms with Crippen LogP contribution in [0.25, 0.3) is 0 Å². The molecule has 0 spiro atoms. The van der Waals surface area contributed by atoms with Crippen LogP contribution >= 0.6 is 0 Å². The van der Waals surface area contributed by atoms with E-state index in [1.54, 1.807) is 0 Å². The maximum atomic E-state index is 11.0. The molecule has 1 saturated carbocycles. The average Bonchev–Trinajstić information content (AvgIpc) is 2.57. The van der Waals surface area contributed by atoms with Gasteiger partial charge < -0.3 is 4.98 Å². The molecule has 0 aliphatic heterocycles. The fourth-order valence-corrected chi connectivity index (χ4v) is 1.67. The third kappa shape index (κ3) is 1.43. The minimum absolute atomic E-state index is 0.233. The van der Waals surface area contributed by atoms with Gasteiger partial charge in [-0.3, -0.25) is 9.78 Å². The van der Waals surface area contributed by atoms with Crippen LogP contribution < -0.4 is 11.2 Å². The van der Waals surface area contributed by atoms with Crippen LogP contribution in [0.5, 0.6) is 0 Å². The molecule has 1 aromatic heterocycles. The standard InChI is InChI=1S/C9H12N2O2/c1-9(2)4-5(9)6-3-7(12)11-8(13)10-6/h3,5H,4H2,1-2H3,(H2,10,11,12,13). The topological polar surface area (TPSA) is 65.7 Å². The van der Waals surface area contributed by atoms with Gasteiger partial charge in [-0.05, 0) is 11.8 Å². The molecule has 0 bridgehead atoms. The van der Waals surface area contributed by atoms with Gasteiger partial charge in [0.05, 0.1) is 0 Å². The zero-order valence-electron chi connectivity index (χ0n) is 7.68. The number of hydrogen-bond donors (Lipinski definition) is 2. The van der Waals surface area contributed by atoms with E-state index in [1.807, 2.05) is 0 Å². The SMILES string of the molecule is CC1(C)CC1c1cc(=O)[nH]c(=O)[nH]1. The van der Waals surface area contributed by atoms with E-state index in [4.69, 9.17) is 0 Å². The van der Waals surface area contributed by atoms with Crippen molar-refractivity contribution in [2.45, 2.75) is 26.2 Å². The van der Waals surface area contributed by atoms with Gasteiger partial charge >= 0.3 is 5.69 Å². The molecule has 0 amide bonds. The Kier molecular flexibility index (Phi) is 1.49. The number of hydrogen-bond acceptors (Lipinski definition) is 2. The largest absolute Gasteiger partial charge is 0.325 e. The Balaban J connectivity index is 2.44. The van der Waals surface area contributed by atoms with E-state index in [0.717, 1.165) is 12.1 Å². The Morgan fingerprint density at radius 2 is 2.00 bits per heavy atom. The highest BCUT2D eigenvalue weighted by Crippen LogP contribution is 2.57. The predicted molar refractivity (Wildman–Crippen MR) is 48.8 cm³/mol. The Hall–Kier alpha value is -1.32. The van der Waals surface area contributed by atoms with Crippen LogP contribution in [0, 0.1) is 5.41 Å². The van der Waals surface area contributed by atoms with Crippen LogP contribution in [-0.4, -0.2) is 9.97 Å². The Morgan fingerprint density at radius 3 is 2.46 bits per heavy atom. The summed E-state index contributed by atoms with van der Waals surface area (Å²) in [6.07, 6.45) is 1.03. The first-order chi connectivity index (χ1) is 5.99. The second-order valence-corrected chi connectivity index (χ2v) is 4.29. The minimum atomic E-state index is -0.412. The first-order valence-electron chi connectivity index (χ1n) is 4.32. The third-order valence-electron chi connectivity index (χ3n) is 2.67. The predicted octanol–water partition coefficient (Wildman–Crippen LogP) is 0.577. The zero-order valence-corrected chi connectivity index (χ0v) is 7.68. The van der Waals surface area contributed by atoms with E-state index in [-0.39, 0.29) is 11.0 Å². The highest BCUT2D eigenvalue weighted by atomic mass is 16.2. The summed E-state index contributed by atoms with van der Waals surface area (Å²) in [5, 5.41) is 0. The van der Waals surface area contributed by atoms with Crippen molar-refractivity contribution >= 4 is 0 Å². The lowest BCUT2D eigenvalue weighted by Gasteiger charge is -2.01. The molecule has 1 heterocycles. The number of H-pyrrole nitrogens is 2. The molecule has 0 saturated heterocycles. The Morgan fingerprint density at radius 1 is 1.38 bits per heavy atom. The molecule has 1 aromatic rings. The van der Waals surface area contributed by atoms with Crippen molar-refractivity contribution in [2.24, 2.45) is 5.41 Å². The minimum Gasteiger partial charge on any atom is -0.311 e. The zero-order chi connectivity index (χ0) is 9.64. The first kappa shape index (κ1) is 8.29. The molecule has 0 aromatic carbocycles. The maximum absolute atomic E-state index is 11.0. The molecule has 1 aliphatic rings. The summed E-state index contributed by atoms with van der Waals surface area (Å²) in [4.78, 5) is 26.7. The van der Waals surface area contributed by atoms with Crippen molar-refractivity contribution in [1.29, 1.82) is 0 Å². The van der Waals surface area contributed by atoms with Gasteiger partial charge in [0.25, 0.3) is 5.56 Å². The van der Waals surface area contributed by atoms with E-state index in [2.05, 4.69) is 23.8 Å². The molecule has 4 heteroatoms. The van der Waals surface area contributed by atoms with E-state index >= 15 is 0 Å². The fraction of sp³-hybridized carbons (Fsp3) is 0.556. The van der Waals surface area contributed by atoms with Crippen LogP contribution in [0.2, 0.25) is 0 Å². The van der Waals surface area contributed by atoms with Gasteiger partial charge in [-0.1, -0.05) is 13.8 Å². The summed E-state index contributed by atoms with van der Waals surface area (Å²) >= 11 is 0. The number of aromatic nitrogens is 2. The molecule has 0 radical (unpaired) electrons. The van der Waals surface area contributed by atoms with Gasteiger partial charge in [-0.2, -0.15) is 0 Å². The van der Waals surface area contributed by atoms with Crippen LogP contribution in [0.15, 0.2) is 15.7 Å². The Bertz CT molecular complexity index is 413. The van der Waals surface area contributed by atoms with E-state index in [0.29, 0.717) is 5.92 Å². The van der Waals surface area contributed by atoms with E-state index in [1.165, 1.54) is 6.07 Å². The lowest BCUT2D eigenvalue weighted by Crippen LogP contribution is -2.23. The van der Waals surface area contributed by atoms with Crippen molar-refractivity contribution in [2.75, 3.05) is 0 Å². The molecule has 70 valence electrons. The van der Waals surface area contributed by atoms with Gasteiger partial charge in [0.1, 0.15) is 0 Å².